The van der Waals surface area contributed by atoms with Crippen LogP contribution in [0.3, 0.4) is 0 Å². The van der Waals surface area contributed by atoms with Gasteiger partial charge in [0.05, 0.1) is 0 Å². The van der Waals surface area contributed by atoms with Gasteiger partial charge in [-0.1, -0.05) is 27.2 Å². The Morgan fingerprint density at radius 1 is 1.06 bits per heavy atom. The molecule has 0 aromatic rings. The van der Waals surface area contributed by atoms with E-state index in [0.717, 1.165) is 23.9 Å². The molecule has 1 N–H and O–H groups in total. The highest BCUT2D eigenvalue weighted by Gasteiger charge is 2.32. The van der Waals surface area contributed by atoms with Gasteiger partial charge in [-0.15, -0.1) is 0 Å². The van der Waals surface area contributed by atoms with Crippen LogP contribution >= 0.6 is 0 Å². The van der Waals surface area contributed by atoms with E-state index in [1.54, 1.807) is 0 Å². The molecular weight excluding hydrogens is 220 g/mol. The fraction of sp³-hybridized carbons (Fsp3) is 1.00. The molecule has 1 heterocycles. The van der Waals surface area contributed by atoms with Gasteiger partial charge in [0.15, 0.2) is 0 Å². The molecule has 0 amide bonds. The highest BCUT2D eigenvalue weighted by atomic mass is 15.1. The highest BCUT2D eigenvalue weighted by Crippen LogP contribution is 2.34. The summed E-state index contributed by atoms with van der Waals surface area (Å²) in [5.41, 5.74) is 0. The summed E-state index contributed by atoms with van der Waals surface area (Å²) in [5.74, 6) is 1.86. The summed E-state index contributed by atoms with van der Waals surface area (Å²) in [6.07, 6.45) is 8.35. The standard InChI is InChI=1S/C16H32N2/c1-4-14-8-9-16(13(14)3)17-15-7-6-11-18(5-2)12-10-15/h13-17H,4-12H2,1-3H3. The zero-order valence-corrected chi connectivity index (χ0v) is 12.6. The van der Waals surface area contributed by atoms with Crippen LogP contribution in [0.4, 0.5) is 0 Å². The normalized spacial score (nSPS) is 38.8. The van der Waals surface area contributed by atoms with Gasteiger partial charge in [-0.25, -0.2) is 0 Å². The van der Waals surface area contributed by atoms with Crippen LogP contribution in [0.25, 0.3) is 0 Å². The lowest BCUT2D eigenvalue weighted by Gasteiger charge is -2.26. The van der Waals surface area contributed by atoms with Gasteiger partial charge in [-0.2, -0.15) is 0 Å². The van der Waals surface area contributed by atoms with Crippen molar-refractivity contribution in [3.8, 4) is 0 Å². The number of rotatable bonds is 4. The van der Waals surface area contributed by atoms with Crippen molar-refractivity contribution in [1.82, 2.24) is 10.2 Å². The van der Waals surface area contributed by atoms with Gasteiger partial charge in [0.2, 0.25) is 0 Å². The maximum absolute atomic E-state index is 3.99. The van der Waals surface area contributed by atoms with Crippen molar-refractivity contribution in [2.75, 3.05) is 19.6 Å². The molecule has 0 bridgehead atoms. The minimum Gasteiger partial charge on any atom is -0.311 e. The third-order valence-electron chi connectivity index (χ3n) is 5.47. The second-order valence-corrected chi connectivity index (χ2v) is 6.44. The van der Waals surface area contributed by atoms with Crippen LogP contribution < -0.4 is 5.32 Å². The van der Waals surface area contributed by atoms with Crippen molar-refractivity contribution in [3.05, 3.63) is 0 Å². The van der Waals surface area contributed by atoms with E-state index in [0.29, 0.717) is 0 Å². The van der Waals surface area contributed by atoms with Crippen LogP contribution in [0.1, 0.15) is 59.3 Å². The predicted molar refractivity (Wildman–Crippen MR) is 78.9 cm³/mol. The van der Waals surface area contributed by atoms with E-state index in [2.05, 4.69) is 31.0 Å². The maximum Gasteiger partial charge on any atom is 0.00980 e. The largest absolute Gasteiger partial charge is 0.311 e. The molecule has 1 saturated carbocycles. The van der Waals surface area contributed by atoms with Crippen molar-refractivity contribution < 1.29 is 0 Å². The van der Waals surface area contributed by atoms with E-state index in [1.165, 1.54) is 58.2 Å². The third kappa shape index (κ3) is 3.48. The zero-order chi connectivity index (χ0) is 13.0. The Balaban J connectivity index is 1.79. The van der Waals surface area contributed by atoms with Gasteiger partial charge >= 0.3 is 0 Å². The van der Waals surface area contributed by atoms with Gasteiger partial charge in [0, 0.05) is 12.1 Å². The van der Waals surface area contributed by atoms with E-state index in [9.17, 15) is 0 Å². The first-order chi connectivity index (χ1) is 8.74. The van der Waals surface area contributed by atoms with Crippen LogP contribution in [-0.4, -0.2) is 36.6 Å². The van der Waals surface area contributed by atoms with Gasteiger partial charge in [0.1, 0.15) is 0 Å². The topological polar surface area (TPSA) is 15.3 Å². The van der Waals surface area contributed by atoms with Crippen LogP contribution in [0.15, 0.2) is 0 Å². The van der Waals surface area contributed by atoms with Gasteiger partial charge in [0.25, 0.3) is 0 Å². The first kappa shape index (κ1) is 14.3. The molecule has 0 radical (unpaired) electrons. The molecule has 1 aliphatic carbocycles. The summed E-state index contributed by atoms with van der Waals surface area (Å²) in [5, 5.41) is 3.99. The number of hydrogen-bond donors (Lipinski definition) is 1. The van der Waals surface area contributed by atoms with E-state index < -0.39 is 0 Å². The Morgan fingerprint density at radius 3 is 2.56 bits per heavy atom. The van der Waals surface area contributed by atoms with Gasteiger partial charge in [-0.3, -0.25) is 0 Å². The molecule has 1 saturated heterocycles. The molecule has 4 atom stereocenters. The smallest absolute Gasteiger partial charge is 0.00980 e. The van der Waals surface area contributed by atoms with Crippen LogP contribution in [0, 0.1) is 11.8 Å². The molecule has 2 nitrogen and oxygen atoms in total. The molecule has 18 heavy (non-hydrogen) atoms. The molecule has 2 aliphatic rings. The molecule has 2 rings (SSSR count). The van der Waals surface area contributed by atoms with Crippen molar-refractivity contribution in [1.29, 1.82) is 0 Å². The minimum absolute atomic E-state index is 0.782. The molecule has 0 aromatic carbocycles. The SMILES string of the molecule is CCC1CCC(NC2CCCN(CC)CC2)C1C. The number of nitrogens with zero attached hydrogens (tertiary/aromatic N) is 1. The van der Waals surface area contributed by atoms with Crippen molar-refractivity contribution in [2.24, 2.45) is 11.8 Å². The Morgan fingerprint density at radius 2 is 1.89 bits per heavy atom. The number of likely N-dealkylation sites (tertiary alicyclic amines) is 1. The Kier molecular flexibility index (Phi) is 5.50. The summed E-state index contributed by atoms with van der Waals surface area (Å²) in [6, 6.07) is 1.58. The van der Waals surface area contributed by atoms with Crippen LogP contribution in [0.5, 0.6) is 0 Å². The van der Waals surface area contributed by atoms with E-state index >= 15 is 0 Å². The molecule has 106 valence electrons. The number of nitrogens with one attached hydrogen (secondary N) is 1. The second-order valence-electron chi connectivity index (χ2n) is 6.44. The molecular formula is C16H32N2. The molecule has 2 fully saturated rings. The molecule has 0 spiro atoms. The summed E-state index contributed by atoms with van der Waals surface area (Å²) >= 11 is 0. The van der Waals surface area contributed by atoms with Crippen molar-refractivity contribution in [3.63, 3.8) is 0 Å². The summed E-state index contributed by atoms with van der Waals surface area (Å²) < 4.78 is 0. The Labute approximate surface area is 114 Å². The summed E-state index contributed by atoms with van der Waals surface area (Å²) in [6.45, 7) is 10.9. The molecule has 0 aromatic heterocycles. The highest BCUT2D eigenvalue weighted by molar-refractivity contribution is 4.89. The second kappa shape index (κ2) is 6.91. The molecule has 2 heteroatoms. The molecule has 4 unspecified atom stereocenters. The third-order valence-corrected chi connectivity index (χ3v) is 5.47. The van der Waals surface area contributed by atoms with Crippen LogP contribution in [-0.2, 0) is 0 Å². The lowest BCUT2D eigenvalue weighted by molar-refractivity contribution is 0.285. The fourth-order valence-corrected chi connectivity index (χ4v) is 4.00. The minimum atomic E-state index is 0.782. The lowest BCUT2D eigenvalue weighted by Crippen LogP contribution is -2.41. The van der Waals surface area contributed by atoms with E-state index in [-0.39, 0.29) is 0 Å². The lowest BCUT2D eigenvalue weighted by atomic mass is 9.93. The average Bonchev–Trinajstić information content (AvgIpc) is 2.61. The molecule has 1 aliphatic heterocycles. The quantitative estimate of drug-likeness (QED) is 0.826. The first-order valence-corrected chi connectivity index (χ1v) is 8.23. The van der Waals surface area contributed by atoms with Gasteiger partial charge < -0.3 is 10.2 Å². The zero-order valence-electron chi connectivity index (χ0n) is 12.6. The van der Waals surface area contributed by atoms with Crippen LogP contribution in [0.2, 0.25) is 0 Å². The predicted octanol–water partition coefficient (Wildman–Crippen LogP) is 3.28. The average molecular weight is 252 g/mol. The maximum atomic E-state index is 3.99. The van der Waals surface area contributed by atoms with Gasteiger partial charge in [-0.05, 0) is 63.6 Å². The Bertz CT molecular complexity index is 241. The number of hydrogen-bond acceptors (Lipinski definition) is 2. The van der Waals surface area contributed by atoms with E-state index in [1.807, 2.05) is 0 Å². The first-order valence-electron chi connectivity index (χ1n) is 8.23. The fourth-order valence-electron chi connectivity index (χ4n) is 4.00. The van der Waals surface area contributed by atoms with Crippen molar-refractivity contribution >= 4 is 0 Å². The van der Waals surface area contributed by atoms with Crippen molar-refractivity contribution in [2.45, 2.75) is 71.4 Å². The van der Waals surface area contributed by atoms with E-state index in [4.69, 9.17) is 0 Å². The summed E-state index contributed by atoms with van der Waals surface area (Å²) in [7, 11) is 0. The monoisotopic (exact) mass is 252 g/mol. The summed E-state index contributed by atoms with van der Waals surface area (Å²) in [4.78, 5) is 2.61. The Hall–Kier alpha value is -0.0800.